The van der Waals surface area contributed by atoms with E-state index in [9.17, 15) is 9.59 Å². The Bertz CT molecular complexity index is 1030. The van der Waals surface area contributed by atoms with Crippen LogP contribution in [0.25, 0.3) is 0 Å². The first-order valence-corrected chi connectivity index (χ1v) is 10.6. The van der Waals surface area contributed by atoms with Crippen LogP contribution >= 0.6 is 12.6 Å². The lowest BCUT2D eigenvalue weighted by Crippen LogP contribution is -2.36. The second-order valence-corrected chi connectivity index (χ2v) is 8.76. The van der Waals surface area contributed by atoms with E-state index in [1.54, 1.807) is 24.3 Å². The number of nitrogens with one attached hydrogen (secondary N) is 3. The lowest BCUT2D eigenvalue weighted by Gasteiger charge is -2.19. The Morgan fingerprint density at radius 3 is 1.87 bits per heavy atom. The van der Waals surface area contributed by atoms with E-state index in [0.717, 1.165) is 5.69 Å². The number of carbonyl (C=O) groups excluding carboxylic acids is 2. The average molecular weight is 434 g/mol. The Hall–Kier alpha value is -3.25. The van der Waals surface area contributed by atoms with Gasteiger partial charge in [0.2, 0.25) is 0 Å². The van der Waals surface area contributed by atoms with Crippen molar-refractivity contribution in [3.63, 3.8) is 0 Å². The number of carbonyl (C=O) groups is 2. The number of rotatable bonds is 6. The monoisotopic (exact) mass is 433 g/mol. The van der Waals surface area contributed by atoms with Crippen LogP contribution in [-0.4, -0.2) is 17.3 Å². The average Bonchev–Trinajstić information content (AvgIpc) is 2.75. The highest BCUT2D eigenvalue weighted by atomic mass is 32.1. The fourth-order valence-electron chi connectivity index (χ4n) is 2.97. The van der Waals surface area contributed by atoms with Crippen molar-refractivity contribution >= 4 is 35.8 Å². The Morgan fingerprint density at radius 1 is 0.742 bits per heavy atom. The minimum atomic E-state index is -0.561. The molecule has 0 spiro atoms. The van der Waals surface area contributed by atoms with E-state index in [1.807, 2.05) is 54.6 Å². The number of hydrogen-bond donors (Lipinski definition) is 4. The highest BCUT2D eigenvalue weighted by molar-refractivity contribution is 7.81. The van der Waals surface area contributed by atoms with Gasteiger partial charge >= 0.3 is 0 Å². The molecule has 3 aromatic rings. The predicted molar refractivity (Wildman–Crippen MR) is 130 cm³/mol. The summed E-state index contributed by atoms with van der Waals surface area (Å²) in [6.45, 7) is 6.42. The van der Waals surface area contributed by atoms with Crippen LogP contribution in [-0.2, 0) is 5.41 Å². The molecule has 0 saturated heterocycles. The molecule has 160 valence electrons. The minimum absolute atomic E-state index is 0.0449. The molecule has 0 fully saturated rings. The predicted octanol–water partition coefficient (Wildman–Crippen LogP) is 5.29. The maximum Gasteiger partial charge on any atom is 0.255 e. The van der Waals surface area contributed by atoms with E-state index < -0.39 is 5.50 Å². The van der Waals surface area contributed by atoms with Gasteiger partial charge in [0.05, 0.1) is 0 Å². The third-order valence-corrected chi connectivity index (χ3v) is 5.02. The number of anilines is 2. The summed E-state index contributed by atoms with van der Waals surface area (Å²) in [4.78, 5) is 24.7. The van der Waals surface area contributed by atoms with Crippen molar-refractivity contribution in [1.29, 1.82) is 0 Å². The van der Waals surface area contributed by atoms with E-state index in [-0.39, 0.29) is 17.2 Å². The van der Waals surface area contributed by atoms with Crippen molar-refractivity contribution in [3.8, 4) is 0 Å². The third kappa shape index (κ3) is 6.36. The smallest absolute Gasteiger partial charge is 0.255 e. The molecule has 0 heterocycles. The Kier molecular flexibility index (Phi) is 7.02. The van der Waals surface area contributed by atoms with Gasteiger partial charge in [-0.1, -0.05) is 51.1 Å². The standard InChI is InChI=1S/C25H27N3O2S/c1-25(2,3)19-11-9-18(10-12-19)22(29)26-20-13-15-21(16-14-20)27-24(31)28-23(30)17-7-5-4-6-8-17/h4-16,24,27,31H,1-3H3,(H,26,29)(H,28,30). The van der Waals surface area contributed by atoms with Crippen molar-refractivity contribution in [1.82, 2.24) is 5.32 Å². The van der Waals surface area contributed by atoms with Crippen molar-refractivity contribution < 1.29 is 9.59 Å². The fourth-order valence-corrected chi connectivity index (χ4v) is 3.23. The van der Waals surface area contributed by atoms with Gasteiger partial charge in [0.25, 0.3) is 11.8 Å². The van der Waals surface area contributed by atoms with Crippen LogP contribution in [0.1, 0.15) is 47.1 Å². The molecular formula is C25H27N3O2S. The molecule has 3 aromatic carbocycles. The molecule has 0 radical (unpaired) electrons. The third-order valence-electron chi connectivity index (χ3n) is 4.76. The highest BCUT2D eigenvalue weighted by Crippen LogP contribution is 2.22. The first-order valence-electron chi connectivity index (χ1n) is 10.0. The Morgan fingerprint density at radius 2 is 1.29 bits per heavy atom. The zero-order valence-electron chi connectivity index (χ0n) is 17.8. The van der Waals surface area contributed by atoms with E-state index in [2.05, 4.69) is 49.4 Å². The molecular weight excluding hydrogens is 406 g/mol. The Labute approximate surface area is 188 Å². The molecule has 1 unspecified atom stereocenters. The second-order valence-electron chi connectivity index (χ2n) is 8.25. The number of hydrogen-bond acceptors (Lipinski definition) is 4. The van der Waals surface area contributed by atoms with Gasteiger partial charge in [-0.3, -0.25) is 9.59 Å². The summed E-state index contributed by atoms with van der Waals surface area (Å²) in [5.41, 5.74) is 3.28. The summed E-state index contributed by atoms with van der Waals surface area (Å²) in [6, 6.07) is 23.8. The summed E-state index contributed by atoms with van der Waals surface area (Å²) in [5, 5.41) is 8.76. The van der Waals surface area contributed by atoms with Crippen molar-refractivity contribution in [2.75, 3.05) is 10.6 Å². The number of amides is 2. The van der Waals surface area contributed by atoms with Gasteiger partial charge in [-0.15, -0.1) is 12.6 Å². The van der Waals surface area contributed by atoms with Crippen molar-refractivity contribution in [2.45, 2.75) is 31.7 Å². The highest BCUT2D eigenvalue weighted by Gasteiger charge is 2.14. The molecule has 0 bridgehead atoms. The molecule has 3 N–H and O–H groups in total. The largest absolute Gasteiger partial charge is 0.357 e. The van der Waals surface area contributed by atoms with Crippen LogP contribution in [0.5, 0.6) is 0 Å². The topological polar surface area (TPSA) is 70.2 Å². The molecule has 0 aromatic heterocycles. The van der Waals surface area contributed by atoms with E-state index >= 15 is 0 Å². The summed E-state index contributed by atoms with van der Waals surface area (Å²) in [6.07, 6.45) is 0. The van der Waals surface area contributed by atoms with Crippen molar-refractivity contribution in [2.24, 2.45) is 0 Å². The molecule has 3 rings (SSSR count). The van der Waals surface area contributed by atoms with Gasteiger partial charge in [-0.05, 0) is 59.5 Å². The molecule has 5 nitrogen and oxygen atoms in total. The number of benzene rings is 3. The normalized spacial score (nSPS) is 12.0. The van der Waals surface area contributed by atoms with E-state index in [0.29, 0.717) is 16.8 Å². The zero-order valence-corrected chi connectivity index (χ0v) is 18.7. The molecule has 1 atom stereocenters. The summed E-state index contributed by atoms with van der Waals surface area (Å²) in [5.74, 6) is -0.377. The summed E-state index contributed by atoms with van der Waals surface area (Å²) >= 11 is 4.38. The SMILES string of the molecule is CC(C)(C)c1ccc(C(=O)Nc2ccc(NC(S)NC(=O)c3ccccc3)cc2)cc1. The summed E-state index contributed by atoms with van der Waals surface area (Å²) in [7, 11) is 0. The second kappa shape index (κ2) is 9.71. The van der Waals surface area contributed by atoms with Crippen LogP contribution in [0.2, 0.25) is 0 Å². The van der Waals surface area contributed by atoms with Crippen LogP contribution < -0.4 is 16.0 Å². The van der Waals surface area contributed by atoms with Gasteiger partial charge in [0.15, 0.2) is 0 Å². The lowest BCUT2D eigenvalue weighted by atomic mass is 9.87. The molecule has 31 heavy (non-hydrogen) atoms. The van der Waals surface area contributed by atoms with Crippen LogP contribution in [0.15, 0.2) is 78.9 Å². The number of thiol groups is 1. The van der Waals surface area contributed by atoms with Gasteiger partial charge < -0.3 is 16.0 Å². The van der Waals surface area contributed by atoms with E-state index in [1.165, 1.54) is 5.56 Å². The molecule has 2 amide bonds. The molecule has 0 aliphatic carbocycles. The van der Waals surface area contributed by atoms with Crippen molar-refractivity contribution in [3.05, 3.63) is 95.6 Å². The molecule has 0 aliphatic heterocycles. The van der Waals surface area contributed by atoms with Crippen LogP contribution in [0.3, 0.4) is 0 Å². The first kappa shape index (κ1) is 22.4. The van der Waals surface area contributed by atoms with Gasteiger partial charge in [-0.25, -0.2) is 0 Å². The van der Waals surface area contributed by atoms with Gasteiger partial charge in [0.1, 0.15) is 5.50 Å². The maximum atomic E-state index is 12.5. The van der Waals surface area contributed by atoms with Crippen LogP contribution in [0.4, 0.5) is 11.4 Å². The fraction of sp³-hybridized carbons (Fsp3) is 0.200. The Balaban J connectivity index is 1.55. The van der Waals surface area contributed by atoms with Crippen LogP contribution in [0, 0.1) is 0 Å². The van der Waals surface area contributed by atoms with Gasteiger partial charge in [0, 0.05) is 22.5 Å². The lowest BCUT2D eigenvalue weighted by molar-refractivity contribution is 0.0952. The quantitative estimate of drug-likeness (QED) is 0.315. The first-order chi connectivity index (χ1) is 14.7. The maximum absolute atomic E-state index is 12.5. The zero-order chi connectivity index (χ0) is 22.4. The summed E-state index contributed by atoms with van der Waals surface area (Å²) < 4.78 is 0. The van der Waals surface area contributed by atoms with Gasteiger partial charge in [-0.2, -0.15) is 0 Å². The van der Waals surface area contributed by atoms with E-state index in [4.69, 9.17) is 0 Å². The molecule has 0 aliphatic rings. The molecule has 6 heteroatoms. The molecule has 0 saturated carbocycles. The minimum Gasteiger partial charge on any atom is -0.357 e.